The standard InChI is InChI=1S/C11H12N2O2/c1-13-9-5-3-8(4-6-9)7-10(12)11(14)15-2/h3-6,10H,7,12H2,2H3/t10-/m0/s1. The molecule has 0 aliphatic carbocycles. The first kappa shape index (κ1) is 11.2. The number of carbonyl (C=O) groups excluding carboxylic acids is 1. The van der Waals surface area contributed by atoms with Crippen molar-refractivity contribution in [3.8, 4) is 0 Å². The number of ether oxygens (including phenoxy) is 1. The van der Waals surface area contributed by atoms with Crippen LogP contribution in [0.3, 0.4) is 0 Å². The molecule has 4 nitrogen and oxygen atoms in total. The van der Waals surface area contributed by atoms with Crippen molar-refractivity contribution < 1.29 is 9.53 Å². The Bertz CT molecular complexity index is 379. The first-order chi connectivity index (χ1) is 7.17. The Labute approximate surface area is 88.5 Å². The highest BCUT2D eigenvalue weighted by Crippen LogP contribution is 2.13. The van der Waals surface area contributed by atoms with Crippen LogP contribution in [0.1, 0.15) is 5.56 Å². The molecule has 0 unspecified atom stereocenters. The zero-order valence-corrected chi connectivity index (χ0v) is 8.43. The summed E-state index contributed by atoms with van der Waals surface area (Å²) in [4.78, 5) is 14.3. The fourth-order valence-electron chi connectivity index (χ4n) is 1.20. The Balaban J connectivity index is 2.66. The molecule has 0 bridgehead atoms. The molecule has 2 N–H and O–H groups in total. The molecule has 0 saturated carbocycles. The van der Waals surface area contributed by atoms with E-state index in [0.717, 1.165) is 5.56 Å². The number of nitrogens with zero attached hydrogens (tertiary/aromatic N) is 1. The van der Waals surface area contributed by atoms with E-state index < -0.39 is 12.0 Å². The third-order valence-electron chi connectivity index (χ3n) is 2.02. The lowest BCUT2D eigenvalue weighted by Crippen LogP contribution is -2.33. The van der Waals surface area contributed by atoms with Gasteiger partial charge in [0.15, 0.2) is 5.69 Å². The number of benzene rings is 1. The van der Waals surface area contributed by atoms with E-state index in [-0.39, 0.29) is 0 Å². The highest BCUT2D eigenvalue weighted by molar-refractivity contribution is 5.75. The molecule has 0 radical (unpaired) electrons. The number of carbonyl (C=O) groups is 1. The normalized spacial score (nSPS) is 11.5. The van der Waals surface area contributed by atoms with E-state index in [1.807, 2.05) is 0 Å². The van der Waals surface area contributed by atoms with Gasteiger partial charge in [-0.25, -0.2) is 4.85 Å². The molecule has 1 atom stereocenters. The summed E-state index contributed by atoms with van der Waals surface area (Å²) in [5, 5.41) is 0. The largest absolute Gasteiger partial charge is 0.468 e. The van der Waals surface area contributed by atoms with E-state index in [1.54, 1.807) is 24.3 Å². The maximum absolute atomic E-state index is 11.0. The molecule has 0 amide bonds. The average Bonchev–Trinajstić information content (AvgIpc) is 2.29. The molecule has 15 heavy (non-hydrogen) atoms. The summed E-state index contributed by atoms with van der Waals surface area (Å²) in [6, 6.07) is 6.33. The molecule has 0 aliphatic heterocycles. The van der Waals surface area contributed by atoms with Crippen LogP contribution in [0.25, 0.3) is 4.85 Å². The Hall–Kier alpha value is -1.86. The highest BCUT2D eigenvalue weighted by Gasteiger charge is 2.13. The minimum Gasteiger partial charge on any atom is -0.468 e. The monoisotopic (exact) mass is 204 g/mol. The van der Waals surface area contributed by atoms with E-state index in [0.29, 0.717) is 12.1 Å². The van der Waals surface area contributed by atoms with Crippen molar-refractivity contribution in [2.24, 2.45) is 5.73 Å². The topological polar surface area (TPSA) is 56.7 Å². The van der Waals surface area contributed by atoms with Gasteiger partial charge in [-0.15, -0.1) is 0 Å². The van der Waals surface area contributed by atoms with Gasteiger partial charge in [0.05, 0.1) is 13.7 Å². The third kappa shape index (κ3) is 3.08. The van der Waals surface area contributed by atoms with Gasteiger partial charge in [-0.2, -0.15) is 0 Å². The lowest BCUT2D eigenvalue weighted by atomic mass is 10.1. The maximum atomic E-state index is 11.0. The summed E-state index contributed by atoms with van der Waals surface area (Å²) < 4.78 is 4.52. The Morgan fingerprint density at radius 1 is 1.53 bits per heavy atom. The van der Waals surface area contributed by atoms with Crippen molar-refractivity contribution in [3.63, 3.8) is 0 Å². The van der Waals surface area contributed by atoms with E-state index in [1.165, 1.54) is 7.11 Å². The Kier molecular flexibility index (Phi) is 3.83. The lowest BCUT2D eigenvalue weighted by Gasteiger charge is -2.08. The Morgan fingerprint density at radius 2 is 2.13 bits per heavy atom. The molecule has 0 heterocycles. The van der Waals surface area contributed by atoms with Crippen molar-refractivity contribution in [1.29, 1.82) is 0 Å². The molecule has 1 aromatic rings. The van der Waals surface area contributed by atoms with Gasteiger partial charge in [-0.05, 0) is 12.0 Å². The molecule has 78 valence electrons. The van der Waals surface area contributed by atoms with Gasteiger partial charge >= 0.3 is 5.97 Å². The van der Waals surface area contributed by atoms with Crippen LogP contribution in [-0.4, -0.2) is 19.1 Å². The molecule has 0 spiro atoms. The number of hydrogen-bond donors (Lipinski definition) is 1. The van der Waals surface area contributed by atoms with Crippen LogP contribution < -0.4 is 5.73 Å². The van der Waals surface area contributed by atoms with Gasteiger partial charge in [-0.3, -0.25) is 4.79 Å². The summed E-state index contributed by atoms with van der Waals surface area (Å²) >= 11 is 0. The van der Waals surface area contributed by atoms with E-state index in [4.69, 9.17) is 12.3 Å². The number of nitrogens with two attached hydrogens (primary N) is 1. The smallest absolute Gasteiger partial charge is 0.322 e. The summed E-state index contributed by atoms with van der Waals surface area (Å²) in [7, 11) is 1.31. The number of hydrogen-bond acceptors (Lipinski definition) is 3. The second-order valence-corrected chi connectivity index (χ2v) is 3.11. The molecule has 1 aromatic carbocycles. The zero-order valence-electron chi connectivity index (χ0n) is 8.43. The van der Waals surface area contributed by atoms with Crippen molar-refractivity contribution in [2.75, 3.05) is 7.11 Å². The third-order valence-corrected chi connectivity index (χ3v) is 2.02. The number of rotatable bonds is 3. The van der Waals surface area contributed by atoms with E-state index in [9.17, 15) is 4.79 Å². The maximum Gasteiger partial charge on any atom is 0.322 e. The molecule has 0 aliphatic rings. The fraction of sp³-hybridized carbons (Fsp3) is 0.273. The van der Waals surface area contributed by atoms with E-state index >= 15 is 0 Å². The van der Waals surface area contributed by atoms with Gasteiger partial charge in [-0.1, -0.05) is 24.3 Å². The van der Waals surface area contributed by atoms with Gasteiger partial charge in [0.25, 0.3) is 0 Å². The van der Waals surface area contributed by atoms with Crippen LogP contribution in [0.2, 0.25) is 0 Å². The quantitative estimate of drug-likeness (QED) is 0.596. The van der Waals surface area contributed by atoms with E-state index in [2.05, 4.69) is 9.58 Å². The minimum atomic E-state index is -0.645. The van der Waals surface area contributed by atoms with Gasteiger partial charge in [0.1, 0.15) is 6.04 Å². The van der Waals surface area contributed by atoms with Crippen LogP contribution in [0, 0.1) is 6.57 Å². The fourth-order valence-corrected chi connectivity index (χ4v) is 1.20. The van der Waals surface area contributed by atoms with Gasteiger partial charge in [0.2, 0.25) is 0 Å². The van der Waals surface area contributed by atoms with Crippen molar-refractivity contribution in [2.45, 2.75) is 12.5 Å². The lowest BCUT2D eigenvalue weighted by molar-refractivity contribution is -0.142. The van der Waals surface area contributed by atoms with Gasteiger partial charge in [0, 0.05) is 0 Å². The minimum absolute atomic E-state index is 0.422. The van der Waals surface area contributed by atoms with Crippen LogP contribution >= 0.6 is 0 Å². The number of esters is 1. The summed E-state index contributed by atoms with van der Waals surface area (Å²) in [5.74, 6) is -0.427. The summed E-state index contributed by atoms with van der Waals surface area (Å²) in [6.07, 6.45) is 0.422. The highest BCUT2D eigenvalue weighted by atomic mass is 16.5. The molecular formula is C11H12N2O2. The van der Waals surface area contributed by atoms with Crippen LogP contribution in [-0.2, 0) is 16.0 Å². The first-order valence-corrected chi connectivity index (χ1v) is 4.47. The summed E-state index contributed by atoms with van der Waals surface area (Å²) in [6.45, 7) is 6.78. The zero-order chi connectivity index (χ0) is 11.3. The van der Waals surface area contributed by atoms with Gasteiger partial charge < -0.3 is 10.5 Å². The second-order valence-electron chi connectivity index (χ2n) is 3.11. The van der Waals surface area contributed by atoms with Crippen LogP contribution in [0.15, 0.2) is 24.3 Å². The molecule has 1 rings (SSSR count). The predicted octanol–water partition coefficient (Wildman–Crippen LogP) is 1.28. The molecule has 0 aromatic heterocycles. The summed E-state index contributed by atoms with van der Waals surface area (Å²) in [5.41, 5.74) is 7.09. The van der Waals surface area contributed by atoms with Crippen molar-refractivity contribution >= 4 is 11.7 Å². The van der Waals surface area contributed by atoms with Crippen LogP contribution in [0.4, 0.5) is 5.69 Å². The molecular weight excluding hydrogens is 192 g/mol. The first-order valence-electron chi connectivity index (χ1n) is 4.47. The Morgan fingerprint density at radius 3 is 2.60 bits per heavy atom. The molecule has 0 fully saturated rings. The average molecular weight is 204 g/mol. The molecule has 0 saturated heterocycles. The van der Waals surface area contributed by atoms with Crippen LogP contribution in [0.5, 0.6) is 0 Å². The molecule has 4 heteroatoms. The second kappa shape index (κ2) is 5.13. The van der Waals surface area contributed by atoms with Crippen molar-refractivity contribution in [1.82, 2.24) is 0 Å². The predicted molar refractivity (Wildman–Crippen MR) is 56.4 cm³/mol. The number of methoxy groups -OCH3 is 1. The SMILES string of the molecule is [C-]#[N+]c1ccc(C[C@H](N)C(=O)OC)cc1. The van der Waals surface area contributed by atoms with Crippen molar-refractivity contribution in [3.05, 3.63) is 41.2 Å².